The summed E-state index contributed by atoms with van der Waals surface area (Å²) in [4.78, 5) is 32.9. The number of nitrogens with zero attached hydrogens (tertiary/aromatic N) is 5. The number of anilines is 2. The Bertz CT molecular complexity index is 727. The zero-order valence-corrected chi connectivity index (χ0v) is 14.7. The molecule has 0 radical (unpaired) electrons. The van der Waals surface area contributed by atoms with Crippen LogP contribution in [0.4, 0.5) is 16.5 Å². The molecule has 0 saturated carbocycles. The van der Waals surface area contributed by atoms with Crippen LogP contribution in [-0.2, 0) is 4.79 Å². The van der Waals surface area contributed by atoms with Crippen molar-refractivity contribution in [3.05, 3.63) is 46.0 Å². The van der Waals surface area contributed by atoms with E-state index in [1.165, 1.54) is 17.0 Å². The highest BCUT2D eigenvalue weighted by atomic mass is 32.1. The number of hydrogen-bond acceptors (Lipinski definition) is 7. The van der Waals surface area contributed by atoms with Gasteiger partial charge in [-0.1, -0.05) is 0 Å². The van der Waals surface area contributed by atoms with Crippen molar-refractivity contribution in [1.82, 2.24) is 9.88 Å². The fourth-order valence-corrected chi connectivity index (χ4v) is 3.41. The Morgan fingerprint density at radius 2 is 1.96 bits per heavy atom. The first-order chi connectivity index (χ1) is 12.0. The smallest absolute Gasteiger partial charge is 0.269 e. The summed E-state index contributed by atoms with van der Waals surface area (Å²) < 4.78 is 0. The van der Waals surface area contributed by atoms with E-state index in [1.807, 2.05) is 5.38 Å². The molecule has 0 atom stereocenters. The van der Waals surface area contributed by atoms with Crippen molar-refractivity contribution in [1.29, 1.82) is 0 Å². The highest BCUT2D eigenvalue weighted by Crippen LogP contribution is 2.20. The van der Waals surface area contributed by atoms with E-state index in [4.69, 9.17) is 0 Å². The summed E-state index contributed by atoms with van der Waals surface area (Å²) in [7, 11) is 1.69. The molecule has 0 spiro atoms. The molecule has 9 heteroatoms. The van der Waals surface area contributed by atoms with Crippen LogP contribution < -0.4 is 9.80 Å². The number of non-ortho nitro benzene ring substituents is 1. The van der Waals surface area contributed by atoms with E-state index in [0.29, 0.717) is 12.2 Å². The molecule has 2 heterocycles. The topological polar surface area (TPSA) is 82.8 Å². The van der Waals surface area contributed by atoms with Gasteiger partial charge in [-0.3, -0.25) is 19.8 Å². The van der Waals surface area contributed by atoms with Gasteiger partial charge in [-0.25, -0.2) is 4.98 Å². The standard InChI is InChI=1S/C16H19N5O3S/c1-18(13-2-4-14(5-3-13)21(23)24)15(22)12-19-7-9-20(10-8-19)16-17-6-11-25-16/h2-6,11H,7-10,12H2,1H3. The fraction of sp³-hybridized carbons (Fsp3) is 0.375. The van der Waals surface area contributed by atoms with Crippen LogP contribution in [0.5, 0.6) is 0 Å². The van der Waals surface area contributed by atoms with Crippen molar-refractivity contribution >= 4 is 33.8 Å². The first-order valence-electron chi connectivity index (χ1n) is 7.92. The third-order valence-corrected chi connectivity index (χ3v) is 5.08. The summed E-state index contributed by atoms with van der Waals surface area (Å²) in [5.41, 5.74) is 0.667. The average Bonchev–Trinajstić information content (AvgIpc) is 3.16. The number of likely N-dealkylation sites (N-methyl/N-ethyl adjacent to an activating group) is 1. The molecule has 132 valence electrons. The second-order valence-electron chi connectivity index (χ2n) is 5.80. The third-order valence-electron chi connectivity index (χ3n) is 4.24. The summed E-state index contributed by atoms with van der Waals surface area (Å²) in [6, 6.07) is 6.00. The van der Waals surface area contributed by atoms with E-state index in [-0.39, 0.29) is 11.6 Å². The lowest BCUT2D eigenvalue weighted by Gasteiger charge is -2.34. The summed E-state index contributed by atoms with van der Waals surface area (Å²) in [6.45, 7) is 3.64. The zero-order chi connectivity index (χ0) is 17.8. The first kappa shape index (κ1) is 17.3. The van der Waals surface area contributed by atoms with Gasteiger partial charge < -0.3 is 9.80 Å². The maximum atomic E-state index is 12.5. The van der Waals surface area contributed by atoms with Gasteiger partial charge in [0.15, 0.2) is 5.13 Å². The normalized spacial score (nSPS) is 15.2. The van der Waals surface area contributed by atoms with Gasteiger partial charge in [-0.2, -0.15) is 0 Å². The molecule has 0 unspecified atom stereocenters. The summed E-state index contributed by atoms with van der Waals surface area (Å²) >= 11 is 1.62. The highest BCUT2D eigenvalue weighted by Gasteiger charge is 2.22. The Morgan fingerprint density at radius 3 is 2.52 bits per heavy atom. The number of nitro groups is 1. The van der Waals surface area contributed by atoms with Crippen molar-refractivity contribution < 1.29 is 9.72 Å². The number of amides is 1. The molecule has 3 rings (SSSR count). The van der Waals surface area contributed by atoms with E-state index < -0.39 is 4.92 Å². The van der Waals surface area contributed by atoms with Crippen LogP contribution in [0.3, 0.4) is 0 Å². The van der Waals surface area contributed by atoms with E-state index >= 15 is 0 Å². The van der Waals surface area contributed by atoms with Crippen molar-refractivity contribution in [2.75, 3.05) is 49.6 Å². The quantitative estimate of drug-likeness (QED) is 0.597. The largest absolute Gasteiger partial charge is 0.346 e. The number of rotatable bonds is 5. The Hall–Kier alpha value is -2.52. The van der Waals surface area contributed by atoms with Gasteiger partial charge in [-0.05, 0) is 12.1 Å². The molecule has 1 aromatic carbocycles. The summed E-state index contributed by atoms with van der Waals surface area (Å²) in [5.74, 6) is -0.0310. The molecule has 1 fully saturated rings. The average molecular weight is 361 g/mol. The maximum Gasteiger partial charge on any atom is 0.269 e. The van der Waals surface area contributed by atoms with E-state index in [2.05, 4.69) is 14.8 Å². The summed E-state index contributed by atoms with van der Waals surface area (Å²) in [6.07, 6.45) is 1.80. The molecule has 1 aliphatic rings. The Labute approximate surface area is 149 Å². The molecule has 25 heavy (non-hydrogen) atoms. The van der Waals surface area contributed by atoms with Gasteiger partial charge in [0.1, 0.15) is 0 Å². The highest BCUT2D eigenvalue weighted by molar-refractivity contribution is 7.13. The molecule has 8 nitrogen and oxygen atoms in total. The van der Waals surface area contributed by atoms with Crippen LogP contribution in [0.1, 0.15) is 0 Å². The van der Waals surface area contributed by atoms with Crippen molar-refractivity contribution in [3.8, 4) is 0 Å². The zero-order valence-electron chi connectivity index (χ0n) is 13.9. The molecule has 0 N–H and O–H groups in total. The molecule has 2 aromatic rings. The van der Waals surface area contributed by atoms with Crippen LogP contribution in [-0.4, -0.2) is 60.5 Å². The second kappa shape index (κ2) is 7.58. The number of aromatic nitrogens is 1. The van der Waals surface area contributed by atoms with Crippen molar-refractivity contribution in [2.24, 2.45) is 0 Å². The van der Waals surface area contributed by atoms with Crippen LogP contribution in [0.25, 0.3) is 0 Å². The lowest BCUT2D eigenvalue weighted by molar-refractivity contribution is -0.384. The molecule has 1 amide bonds. The second-order valence-corrected chi connectivity index (χ2v) is 6.68. The van der Waals surface area contributed by atoms with Gasteiger partial charge >= 0.3 is 0 Å². The van der Waals surface area contributed by atoms with Crippen molar-refractivity contribution in [3.63, 3.8) is 0 Å². The summed E-state index contributed by atoms with van der Waals surface area (Å²) in [5, 5.41) is 13.7. The lowest BCUT2D eigenvalue weighted by atomic mass is 10.2. The van der Waals surface area contributed by atoms with Gasteiger partial charge in [-0.15, -0.1) is 11.3 Å². The minimum Gasteiger partial charge on any atom is -0.346 e. The molecule has 0 bridgehead atoms. The maximum absolute atomic E-state index is 12.5. The number of nitro benzene ring substituents is 1. The Kier molecular flexibility index (Phi) is 5.25. The predicted molar refractivity (Wildman–Crippen MR) is 97.3 cm³/mol. The van der Waals surface area contributed by atoms with E-state index in [9.17, 15) is 14.9 Å². The molecular weight excluding hydrogens is 342 g/mol. The first-order valence-corrected chi connectivity index (χ1v) is 8.80. The lowest BCUT2D eigenvalue weighted by Crippen LogP contribution is -2.49. The number of piperazine rings is 1. The van der Waals surface area contributed by atoms with E-state index in [0.717, 1.165) is 31.3 Å². The molecule has 1 saturated heterocycles. The van der Waals surface area contributed by atoms with Crippen LogP contribution in [0.2, 0.25) is 0 Å². The van der Waals surface area contributed by atoms with Crippen LogP contribution >= 0.6 is 11.3 Å². The minimum atomic E-state index is -0.451. The third kappa shape index (κ3) is 4.12. The number of carbonyl (C=O) groups is 1. The van der Waals surface area contributed by atoms with Crippen molar-refractivity contribution in [2.45, 2.75) is 0 Å². The molecule has 1 aromatic heterocycles. The number of thiazole rings is 1. The van der Waals surface area contributed by atoms with Crippen LogP contribution in [0.15, 0.2) is 35.8 Å². The Morgan fingerprint density at radius 1 is 1.28 bits per heavy atom. The SMILES string of the molecule is CN(C(=O)CN1CCN(c2nccs2)CC1)c1ccc([N+](=O)[O-])cc1. The number of hydrogen-bond donors (Lipinski definition) is 0. The number of carbonyl (C=O) groups excluding carboxylic acids is 1. The van der Waals surface area contributed by atoms with E-state index in [1.54, 1.807) is 36.7 Å². The monoisotopic (exact) mass is 361 g/mol. The predicted octanol–water partition coefficient (Wildman–Crippen LogP) is 1.84. The fourth-order valence-electron chi connectivity index (χ4n) is 2.71. The van der Waals surface area contributed by atoms with Gasteiger partial charge in [0.2, 0.25) is 5.91 Å². The van der Waals surface area contributed by atoms with Gasteiger partial charge in [0.25, 0.3) is 5.69 Å². The molecule has 0 aliphatic carbocycles. The van der Waals surface area contributed by atoms with Gasteiger partial charge in [0, 0.05) is 62.6 Å². The molecule has 1 aliphatic heterocycles. The Balaban J connectivity index is 1.52. The minimum absolute atomic E-state index is 0.0166. The molecular formula is C16H19N5O3S. The number of benzene rings is 1. The van der Waals surface area contributed by atoms with Gasteiger partial charge in [0.05, 0.1) is 11.5 Å². The van der Waals surface area contributed by atoms with Crippen LogP contribution in [0, 0.1) is 10.1 Å².